The van der Waals surface area contributed by atoms with E-state index in [1.165, 1.54) is 10.7 Å². The highest BCUT2D eigenvalue weighted by Crippen LogP contribution is 2.23. The first-order chi connectivity index (χ1) is 14.8. The summed E-state index contributed by atoms with van der Waals surface area (Å²) in [5.41, 5.74) is 0.992. The van der Waals surface area contributed by atoms with Crippen LogP contribution in [0.2, 0.25) is 0 Å². The maximum atomic E-state index is 13.4. The highest BCUT2D eigenvalue weighted by molar-refractivity contribution is 7.88. The van der Waals surface area contributed by atoms with Crippen molar-refractivity contribution in [1.82, 2.24) is 14.3 Å². The fourth-order valence-corrected chi connectivity index (χ4v) is 5.62. The molecule has 1 aromatic heterocycles. The van der Waals surface area contributed by atoms with Gasteiger partial charge in [0.2, 0.25) is 16.0 Å². The Kier molecular flexibility index (Phi) is 6.38. The van der Waals surface area contributed by atoms with Gasteiger partial charge in [-0.3, -0.25) is 0 Å². The second-order valence-electron chi connectivity index (χ2n) is 8.14. The van der Waals surface area contributed by atoms with E-state index in [1.54, 1.807) is 0 Å². The molecule has 2 aromatic rings. The summed E-state index contributed by atoms with van der Waals surface area (Å²) in [7, 11) is -3.68. The van der Waals surface area contributed by atoms with E-state index in [1.807, 2.05) is 13.0 Å². The Morgan fingerprint density at radius 3 is 2.13 bits per heavy atom. The zero-order chi connectivity index (χ0) is 22.0. The fraction of sp³-hybridized carbons (Fsp3) is 0.524. The molecule has 168 valence electrons. The highest BCUT2D eigenvalue weighted by atomic mass is 32.2. The van der Waals surface area contributed by atoms with Gasteiger partial charge in [0.15, 0.2) is 0 Å². The molecule has 7 nitrogen and oxygen atoms in total. The summed E-state index contributed by atoms with van der Waals surface area (Å²) in [5.74, 6) is -0.444. The third-order valence-corrected chi connectivity index (χ3v) is 7.55. The second kappa shape index (κ2) is 9.04. The maximum absolute atomic E-state index is 13.4. The number of rotatable bonds is 5. The van der Waals surface area contributed by atoms with Crippen molar-refractivity contribution in [3.8, 4) is 0 Å². The normalized spacial score (nSPS) is 18.4. The summed E-state index contributed by atoms with van der Waals surface area (Å²) >= 11 is 0. The quantitative estimate of drug-likeness (QED) is 0.696. The van der Waals surface area contributed by atoms with Crippen LogP contribution in [0.1, 0.15) is 30.5 Å². The van der Waals surface area contributed by atoms with Crippen LogP contribution in [-0.4, -0.2) is 62.0 Å². The summed E-state index contributed by atoms with van der Waals surface area (Å²) in [6.07, 6.45) is 3.50. The lowest BCUT2D eigenvalue weighted by molar-refractivity contribution is 0.383. The van der Waals surface area contributed by atoms with Crippen molar-refractivity contribution in [2.75, 3.05) is 49.1 Å². The van der Waals surface area contributed by atoms with E-state index in [-0.39, 0.29) is 5.56 Å². The molecule has 10 heteroatoms. The zero-order valence-electron chi connectivity index (χ0n) is 17.6. The molecule has 4 rings (SSSR count). The van der Waals surface area contributed by atoms with Gasteiger partial charge in [-0.05, 0) is 43.9 Å². The summed E-state index contributed by atoms with van der Waals surface area (Å²) in [5, 5.41) is 0. The number of hydrogen-bond acceptors (Lipinski definition) is 6. The molecule has 0 aliphatic carbocycles. The number of hydrogen-bond donors (Lipinski definition) is 0. The van der Waals surface area contributed by atoms with E-state index >= 15 is 0 Å². The van der Waals surface area contributed by atoms with E-state index < -0.39 is 27.4 Å². The van der Waals surface area contributed by atoms with Gasteiger partial charge in [0.25, 0.3) is 0 Å². The third kappa shape index (κ3) is 5.30. The Morgan fingerprint density at radius 2 is 1.48 bits per heavy atom. The number of anilines is 2. The molecule has 3 heterocycles. The van der Waals surface area contributed by atoms with Gasteiger partial charge < -0.3 is 9.80 Å². The van der Waals surface area contributed by atoms with Crippen LogP contribution in [0.4, 0.5) is 20.5 Å². The van der Waals surface area contributed by atoms with Gasteiger partial charge in [0, 0.05) is 57.1 Å². The minimum absolute atomic E-state index is 0.109. The van der Waals surface area contributed by atoms with Crippen LogP contribution in [-0.2, 0) is 15.8 Å². The number of piperazine rings is 1. The Balaban J connectivity index is 1.43. The molecule has 2 aliphatic heterocycles. The number of benzene rings is 1. The molecule has 0 atom stereocenters. The molecule has 0 unspecified atom stereocenters. The van der Waals surface area contributed by atoms with Crippen LogP contribution >= 0.6 is 0 Å². The standard InChI is InChI=1S/C21H27F2N5O2S/c1-16-11-20(25-21(24-16)27-5-3-2-4-6-27)26-7-9-28(10-8-26)31(29,30)15-17-12-18(22)14-19(23)13-17/h11-14H,2-10,15H2,1H3. The number of nitrogens with zero attached hydrogens (tertiary/aromatic N) is 5. The molecule has 31 heavy (non-hydrogen) atoms. The Morgan fingerprint density at radius 1 is 0.839 bits per heavy atom. The highest BCUT2D eigenvalue weighted by Gasteiger charge is 2.28. The first-order valence-electron chi connectivity index (χ1n) is 10.6. The summed E-state index contributed by atoms with van der Waals surface area (Å²) in [6, 6.07) is 4.77. The van der Waals surface area contributed by atoms with Gasteiger partial charge >= 0.3 is 0 Å². The van der Waals surface area contributed by atoms with Crippen LogP contribution in [0.5, 0.6) is 0 Å². The molecular formula is C21H27F2N5O2S. The van der Waals surface area contributed by atoms with E-state index in [9.17, 15) is 17.2 Å². The smallest absolute Gasteiger partial charge is 0.227 e. The van der Waals surface area contributed by atoms with Crippen LogP contribution in [0, 0.1) is 18.6 Å². The average molecular weight is 452 g/mol. The SMILES string of the molecule is Cc1cc(N2CCN(S(=O)(=O)Cc3cc(F)cc(F)c3)CC2)nc(N2CCCCC2)n1. The summed E-state index contributed by atoms with van der Waals surface area (Å²) < 4.78 is 53.7. The largest absolute Gasteiger partial charge is 0.354 e. The van der Waals surface area contributed by atoms with Gasteiger partial charge in [-0.1, -0.05) is 0 Å². The lowest BCUT2D eigenvalue weighted by Crippen LogP contribution is -2.49. The first kappa shape index (κ1) is 21.9. The fourth-order valence-electron chi connectivity index (χ4n) is 4.13. The topological polar surface area (TPSA) is 69.6 Å². The van der Waals surface area contributed by atoms with Crippen molar-refractivity contribution in [3.63, 3.8) is 0 Å². The zero-order valence-corrected chi connectivity index (χ0v) is 18.4. The van der Waals surface area contributed by atoms with E-state index in [0.29, 0.717) is 26.2 Å². The molecule has 2 fully saturated rings. The molecule has 0 saturated carbocycles. The number of halogens is 2. The van der Waals surface area contributed by atoms with Crippen molar-refractivity contribution < 1.29 is 17.2 Å². The molecule has 2 aliphatic rings. The summed E-state index contributed by atoms with van der Waals surface area (Å²) in [4.78, 5) is 13.6. The molecule has 0 spiro atoms. The van der Waals surface area contributed by atoms with E-state index in [0.717, 1.165) is 61.6 Å². The Hall–Kier alpha value is -2.33. The van der Waals surface area contributed by atoms with Gasteiger partial charge in [-0.25, -0.2) is 22.2 Å². The minimum atomic E-state index is -3.68. The number of aryl methyl sites for hydroxylation is 1. The molecule has 0 amide bonds. The average Bonchev–Trinajstić information content (AvgIpc) is 2.73. The molecule has 0 bridgehead atoms. The van der Waals surface area contributed by atoms with Crippen molar-refractivity contribution >= 4 is 21.8 Å². The van der Waals surface area contributed by atoms with Crippen LogP contribution in [0.15, 0.2) is 24.3 Å². The van der Waals surface area contributed by atoms with Crippen LogP contribution in [0.25, 0.3) is 0 Å². The number of sulfonamides is 1. The molecule has 1 aromatic carbocycles. The van der Waals surface area contributed by atoms with Gasteiger partial charge in [-0.15, -0.1) is 0 Å². The Labute approximate surface area is 181 Å². The van der Waals surface area contributed by atoms with Crippen molar-refractivity contribution in [1.29, 1.82) is 0 Å². The molecule has 0 radical (unpaired) electrons. The predicted molar refractivity (Wildman–Crippen MR) is 116 cm³/mol. The lowest BCUT2D eigenvalue weighted by Gasteiger charge is -2.35. The molecule has 2 saturated heterocycles. The molecular weight excluding hydrogens is 424 g/mol. The van der Waals surface area contributed by atoms with Crippen molar-refractivity contribution in [3.05, 3.63) is 47.2 Å². The number of piperidine rings is 1. The predicted octanol–water partition coefficient (Wildman–Crippen LogP) is 2.71. The third-order valence-electron chi connectivity index (χ3n) is 5.70. The Bertz CT molecular complexity index is 1020. The van der Waals surface area contributed by atoms with Gasteiger partial charge in [0.1, 0.15) is 17.5 Å². The van der Waals surface area contributed by atoms with Crippen molar-refractivity contribution in [2.45, 2.75) is 31.9 Å². The van der Waals surface area contributed by atoms with E-state index in [4.69, 9.17) is 4.98 Å². The first-order valence-corrected chi connectivity index (χ1v) is 12.2. The summed E-state index contributed by atoms with van der Waals surface area (Å²) in [6.45, 7) is 5.42. The number of aromatic nitrogens is 2. The van der Waals surface area contributed by atoms with Crippen LogP contribution in [0.3, 0.4) is 0 Å². The van der Waals surface area contributed by atoms with E-state index in [2.05, 4.69) is 14.8 Å². The monoisotopic (exact) mass is 451 g/mol. The van der Waals surface area contributed by atoms with Crippen molar-refractivity contribution in [2.24, 2.45) is 0 Å². The second-order valence-corrected chi connectivity index (χ2v) is 10.1. The van der Waals surface area contributed by atoms with Crippen LogP contribution < -0.4 is 9.80 Å². The van der Waals surface area contributed by atoms with Gasteiger partial charge in [-0.2, -0.15) is 9.29 Å². The minimum Gasteiger partial charge on any atom is -0.354 e. The van der Waals surface area contributed by atoms with Gasteiger partial charge in [0.05, 0.1) is 5.75 Å². The maximum Gasteiger partial charge on any atom is 0.227 e. The molecule has 0 N–H and O–H groups in total. The lowest BCUT2D eigenvalue weighted by atomic mass is 10.1.